The van der Waals surface area contributed by atoms with Crippen molar-refractivity contribution in [3.05, 3.63) is 47.1 Å². The molecule has 2 aliphatic heterocycles. The molecule has 2 fully saturated rings. The van der Waals surface area contributed by atoms with E-state index < -0.39 is 0 Å². The second-order valence-corrected chi connectivity index (χ2v) is 8.82. The van der Waals surface area contributed by atoms with Crippen LogP contribution in [0.3, 0.4) is 0 Å². The Morgan fingerprint density at radius 3 is 2.66 bits per heavy atom. The van der Waals surface area contributed by atoms with Gasteiger partial charge in [0.2, 0.25) is 5.65 Å². The Kier molecular flexibility index (Phi) is 4.87. The van der Waals surface area contributed by atoms with Gasteiger partial charge < -0.3 is 19.2 Å². The standard InChI is InChI=1S/C24H26N6O2/c31-23-19-5-4-16(12-20(19)26-15-27-23)17-13-21-22(25-14-17)28-24(32-21)30-10-6-18(7-11-30)29-8-2-1-3-9-29/h4-5,12-15,18H,1-3,6-11H2,(H,26,27,31). The minimum atomic E-state index is -0.140. The van der Waals surface area contributed by atoms with Crippen LogP contribution in [0.15, 0.2) is 46.0 Å². The van der Waals surface area contributed by atoms with Gasteiger partial charge in [-0.3, -0.25) is 4.79 Å². The van der Waals surface area contributed by atoms with Crippen molar-refractivity contribution < 1.29 is 4.42 Å². The number of pyridine rings is 1. The summed E-state index contributed by atoms with van der Waals surface area (Å²) in [5.41, 5.74) is 3.66. The van der Waals surface area contributed by atoms with E-state index >= 15 is 0 Å². The predicted molar refractivity (Wildman–Crippen MR) is 124 cm³/mol. The molecule has 5 heterocycles. The van der Waals surface area contributed by atoms with Crippen LogP contribution in [0.5, 0.6) is 0 Å². The minimum Gasteiger partial charge on any atom is -0.422 e. The lowest BCUT2D eigenvalue weighted by Crippen LogP contribution is -2.46. The maximum atomic E-state index is 11.9. The second kappa shape index (κ2) is 8.02. The summed E-state index contributed by atoms with van der Waals surface area (Å²) in [5.74, 6) is 0. The zero-order valence-corrected chi connectivity index (χ0v) is 18.0. The van der Waals surface area contributed by atoms with Crippen LogP contribution in [-0.2, 0) is 0 Å². The van der Waals surface area contributed by atoms with E-state index in [1.54, 1.807) is 12.3 Å². The van der Waals surface area contributed by atoms with Gasteiger partial charge in [0.05, 0.1) is 17.2 Å². The van der Waals surface area contributed by atoms with Gasteiger partial charge in [-0.2, -0.15) is 4.98 Å². The molecule has 0 bridgehead atoms. The molecule has 32 heavy (non-hydrogen) atoms. The lowest BCUT2D eigenvalue weighted by molar-refractivity contribution is 0.140. The predicted octanol–water partition coefficient (Wildman–Crippen LogP) is 3.58. The molecule has 0 spiro atoms. The molecule has 1 N–H and O–H groups in total. The molecule has 0 unspecified atom stereocenters. The zero-order valence-electron chi connectivity index (χ0n) is 18.0. The van der Waals surface area contributed by atoms with E-state index in [0.29, 0.717) is 34.2 Å². The van der Waals surface area contributed by atoms with Crippen molar-refractivity contribution >= 4 is 28.1 Å². The third-order valence-corrected chi connectivity index (χ3v) is 6.85. The summed E-state index contributed by atoms with van der Waals surface area (Å²) in [5, 5.41) is 0.570. The molecule has 8 nitrogen and oxygen atoms in total. The van der Waals surface area contributed by atoms with Crippen LogP contribution in [-0.4, -0.2) is 57.1 Å². The Morgan fingerprint density at radius 2 is 1.81 bits per heavy atom. The SMILES string of the molecule is O=c1[nH]cnc2cc(-c3cnc4nc(N5CCC(N6CCCCC6)CC5)oc4c3)ccc12. The number of H-pyrrole nitrogens is 1. The molecule has 0 radical (unpaired) electrons. The van der Waals surface area contributed by atoms with E-state index in [9.17, 15) is 4.79 Å². The lowest BCUT2D eigenvalue weighted by atomic mass is 10.0. The molecule has 0 aliphatic carbocycles. The van der Waals surface area contributed by atoms with Gasteiger partial charge in [0.1, 0.15) is 0 Å². The Bertz CT molecular complexity index is 1320. The van der Waals surface area contributed by atoms with Crippen molar-refractivity contribution in [3.8, 4) is 11.1 Å². The minimum absolute atomic E-state index is 0.140. The zero-order chi connectivity index (χ0) is 21.5. The van der Waals surface area contributed by atoms with E-state index in [2.05, 4.69) is 29.7 Å². The Hall–Kier alpha value is -3.26. The number of hydrogen-bond donors (Lipinski definition) is 1. The van der Waals surface area contributed by atoms with Gasteiger partial charge in [0, 0.05) is 30.9 Å². The normalized spacial score (nSPS) is 18.6. The Balaban J connectivity index is 1.22. The van der Waals surface area contributed by atoms with E-state index in [-0.39, 0.29) is 5.56 Å². The van der Waals surface area contributed by atoms with Crippen LogP contribution in [0.2, 0.25) is 0 Å². The Labute approximate surface area is 185 Å². The van der Waals surface area contributed by atoms with Gasteiger partial charge in [-0.25, -0.2) is 9.97 Å². The number of likely N-dealkylation sites (tertiary alicyclic amines) is 1. The van der Waals surface area contributed by atoms with Crippen LogP contribution in [0.25, 0.3) is 33.3 Å². The topological polar surface area (TPSA) is 91.1 Å². The van der Waals surface area contributed by atoms with Crippen molar-refractivity contribution in [2.45, 2.75) is 38.1 Å². The summed E-state index contributed by atoms with van der Waals surface area (Å²) in [6.07, 6.45) is 9.58. The van der Waals surface area contributed by atoms with Gasteiger partial charge in [0.25, 0.3) is 11.6 Å². The van der Waals surface area contributed by atoms with Gasteiger partial charge in [0.15, 0.2) is 5.58 Å². The molecule has 8 heteroatoms. The third kappa shape index (κ3) is 3.54. The number of fused-ring (bicyclic) bond motifs is 2. The summed E-state index contributed by atoms with van der Waals surface area (Å²) in [6, 6.07) is 8.91. The summed E-state index contributed by atoms with van der Waals surface area (Å²) < 4.78 is 6.13. The lowest BCUT2D eigenvalue weighted by Gasteiger charge is -2.39. The number of rotatable bonds is 3. The highest BCUT2D eigenvalue weighted by molar-refractivity contribution is 5.85. The fraction of sp³-hybridized carbons (Fsp3) is 0.417. The van der Waals surface area contributed by atoms with Crippen molar-refractivity contribution in [1.82, 2.24) is 24.8 Å². The number of anilines is 1. The number of piperidine rings is 2. The number of aromatic nitrogens is 4. The smallest absolute Gasteiger partial charge is 0.299 e. The fourth-order valence-electron chi connectivity index (χ4n) is 5.06. The highest BCUT2D eigenvalue weighted by Gasteiger charge is 2.27. The van der Waals surface area contributed by atoms with Crippen molar-refractivity contribution in [1.29, 1.82) is 0 Å². The molecular weight excluding hydrogens is 404 g/mol. The van der Waals surface area contributed by atoms with Gasteiger partial charge in [-0.05, 0) is 62.5 Å². The Morgan fingerprint density at radius 1 is 0.969 bits per heavy atom. The first kappa shape index (κ1) is 19.4. The van der Waals surface area contributed by atoms with Crippen LogP contribution in [0, 0.1) is 0 Å². The molecule has 2 saturated heterocycles. The number of benzene rings is 1. The first-order valence-corrected chi connectivity index (χ1v) is 11.5. The summed E-state index contributed by atoms with van der Waals surface area (Å²) in [7, 11) is 0. The van der Waals surface area contributed by atoms with Crippen molar-refractivity contribution in [3.63, 3.8) is 0 Å². The fourth-order valence-corrected chi connectivity index (χ4v) is 5.06. The van der Waals surface area contributed by atoms with Gasteiger partial charge >= 0.3 is 0 Å². The van der Waals surface area contributed by atoms with Crippen molar-refractivity contribution in [2.24, 2.45) is 0 Å². The molecule has 1 aromatic carbocycles. The van der Waals surface area contributed by atoms with E-state index in [1.165, 1.54) is 38.7 Å². The second-order valence-electron chi connectivity index (χ2n) is 8.82. The number of nitrogens with one attached hydrogen (secondary N) is 1. The van der Waals surface area contributed by atoms with Gasteiger partial charge in [-0.15, -0.1) is 0 Å². The van der Waals surface area contributed by atoms with Gasteiger partial charge in [-0.1, -0.05) is 12.5 Å². The van der Waals surface area contributed by atoms with Crippen LogP contribution >= 0.6 is 0 Å². The van der Waals surface area contributed by atoms with E-state index in [1.807, 2.05) is 18.2 Å². The maximum Gasteiger partial charge on any atom is 0.299 e. The molecule has 3 aromatic heterocycles. The average molecular weight is 431 g/mol. The summed E-state index contributed by atoms with van der Waals surface area (Å²) >= 11 is 0. The molecule has 6 rings (SSSR count). The molecule has 4 aromatic rings. The highest BCUT2D eigenvalue weighted by atomic mass is 16.4. The third-order valence-electron chi connectivity index (χ3n) is 6.85. The van der Waals surface area contributed by atoms with Crippen LogP contribution in [0.1, 0.15) is 32.1 Å². The highest BCUT2D eigenvalue weighted by Crippen LogP contribution is 2.29. The number of nitrogens with zero attached hydrogens (tertiary/aromatic N) is 5. The largest absolute Gasteiger partial charge is 0.422 e. The monoisotopic (exact) mass is 430 g/mol. The number of hydrogen-bond acceptors (Lipinski definition) is 7. The van der Waals surface area contributed by atoms with Crippen molar-refractivity contribution in [2.75, 3.05) is 31.1 Å². The maximum absolute atomic E-state index is 11.9. The summed E-state index contributed by atoms with van der Waals surface area (Å²) in [4.78, 5) is 32.9. The average Bonchev–Trinajstić information content (AvgIpc) is 3.28. The quantitative estimate of drug-likeness (QED) is 0.531. The number of aromatic amines is 1. The molecule has 164 valence electrons. The molecular formula is C24H26N6O2. The summed E-state index contributed by atoms with van der Waals surface area (Å²) in [6.45, 7) is 4.43. The molecule has 0 atom stereocenters. The van der Waals surface area contributed by atoms with E-state index in [4.69, 9.17) is 4.42 Å². The van der Waals surface area contributed by atoms with Crippen LogP contribution < -0.4 is 10.5 Å². The first-order chi connectivity index (χ1) is 15.7. The molecule has 0 saturated carbocycles. The van der Waals surface area contributed by atoms with E-state index in [0.717, 1.165) is 37.1 Å². The number of oxazole rings is 1. The molecule has 0 amide bonds. The van der Waals surface area contributed by atoms with Crippen LogP contribution in [0.4, 0.5) is 6.01 Å². The molecule has 2 aliphatic rings. The first-order valence-electron chi connectivity index (χ1n) is 11.5.